The van der Waals surface area contributed by atoms with E-state index in [1.807, 2.05) is 13.8 Å². The quantitative estimate of drug-likeness (QED) is 0.473. The lowest BCUT2D eigenvalue weighted by Gasteiger charge is -2.36. The maximum Gasteiger partial charge on any atom is 0.317 e. The maximum absolute atomic E-state index is 13.0. The first-order chi connectivity index (χ1) is 15.3. The van der Waals surface area contributed by atoms with Gasteiger partial charge >= 0.3 is 6.03 Å². The van der Waals surface area contributed by atoms with Crippen LogP contribution in [0.15, 0.2) is 24.3 Å². The van der Waals surface area contributed by atoms with Gasteiger partial charge in [-0.3, -0.25) is 9.59 Å². The number of nitrogens with zero attached hydrogens (tertiary/aromatic N) is 1. The first-order valence-electron chi connectivity index (χ1n) is 11.1. The molecular weight excluding hydrogens is 412 g/mol. The van der Waals surface area contributed by atoms with Gasteiger partial charge in [-0.25, -0.2) is 4.79 Å². The van der Waals surface area contributed by atoms with Gasteiger partial charge in [0.1, 0.15) is 11.8 Å². The van der Waals surface area contributed by atoms with Gasteiger partial charge in [-0.1, -0.05) is 6.07 Å². The van der Waals surface area contributed by atoms with Crippen molar-refractivity contribution in [2.45, 2.75) is 45.2 Å². The van der Waals surface area contributed by atoms with Crippen molar-refractivity contribution < 1.29 is 23.9 Å². The average molecular weight is 449 g/mol. The van der Waals surface area contributed by atoms with Gasteiger partial charge in [0.05, 0.1) is 7.11 Å². The van der Waals surface area contributed by atoms with Crippen molar-refractivity contribution in [2.75, 3.05) is 40.5 Å². The number of piperidine rings is 1. The molecule has 9 heteroatoms. The normalized spacial score (nSPS) is 15.2. The largest absolute Gasteiger partial charge is 0.497 e. The molecule has 9 nitrogen and oxygen atoms in total. The first kappa shape index (κ1) is 25.5. The van der Waals surface area contributed by atoms with Crippen LogP contribution in [0.25, 0.3) is 0 Å². The van der Waals surface area contributed by atoms with Crippen LogP contribution in [-0.2, 0) is 9.53 Å². The molecule has 0 aromatic heterocycles. The molecule has 1 heterocycles. The number of ether oxygens (including phenoxy) is 2. The Kier molecular flexibility index (Phi) is 10.3. The lowest BCUT2D eigenvalue weighted by Crippen LogP contribution is -2.55. The summed E-state index contributed by atoms with van der Waals surface area (Å²) in [6.45, 7) is 5.92. The molecule has 1 aliphatic rings. The van der Waals surface area contributed by atoms with Crippen molar-refractivity contribution in [3.63, 3.8) is 0 Å². The van der Waals surface area contributed by atoms with Gasteiger partial charge in [0, 0.05) is 45.0 Å². The summed E-state index contributed by atoms with van der Waals surface area (Å²) in [5.41, 5.74) is 0.426. The number of carbonyl (C=O) groups is 3. The number of amides is 4. The van der Waals surface area contributed by atoms with Crippen molar-refractivity contribution >= 4 is 17.8 Å². The molecule has 1 aromatic rings. The predicted octanol–water partition coefficient (Wildman–Crippen LogP) is 1.78. The third-order valence-corrected chi connectivity index (χ3v) is 5.44. The summed E-state index contributed by atoms with van der Waals surface area (Å²) in [7, 11) is 3.15. The highest BCUT2D eigenvalue weighted by atomic mass is 16.5. The topological polar surface area (TPSA) is 109 Å². The van der Waals surface area contributed by atoms with E-state index in [1.54, 1.807) is 36.3 Å². The summed E-state index contributed by atoms with van der Waals surface area (Å²) in [4.78, 5) is 39.9. The smallest absolute Gasteiger partial charge is 0.317 e. The zero-order chi connectivity index (χ0) is 23.5. The minimum absolute atomic E-state index is 0.0630. The molecule has 1 unspecified atom stereocenters. The van der Waals surface area contributed by atoms with Crippen LogP contribution in [0.4, 0.5) is 4.79 Å². The molecular formula is C23H36N4O5. The van der Waals surface area contributed by atoms with E-state index in [1.165, 1.54) is 7.11 Å². The van der Waals surface area contributed by atoms with Crippen LogP contribution in [0.3, 0.4) is 0 Å². The lowest BCUT2D eigenvalue weighted by molar-refractivity contribution is -0.124. The maximum atomic E-state index is 13.0. The summed E-state index contributed by atoms with van der Waals surface area (Å²) < 4.78 is 10.2. The van der Waals surface area contributed by atoms with E-state index in [9.17, 15) is 14.4 Å². The van der Waals surface area contributed by atoms with Crippen molar-refractivity contribution in [1.82, 2.24) is 20.9 Å². The Morgan fingerprint density at radius 2 is 1.84 bits per heavy atom. The highest BCUT2D eigenvalue weighted by molar-refractivity contribution is 5.98. The van der Waals surface area contributed by atoms with Gasteiger partial charge < -0.3 is 30.3 Å². The number of rotatable bonds is 10. The second kappa shape index (κ2) is 12.9. The highest BCUT2D eigenvalue weighted by Gasteiger charge is 2.34. The predicted molar refractivity (Wildman–Crippen MR) is 122 cm³/mol. The monoisotopic (exact) mass is 448 g/mol. The number of likely N-dealkylation sites (tertiary alicyclic amines) is 1. The van der Waals surface area contributed by atoms with Gasteiger partial charge in [-0.2, -0.15) is 0 Å². The average Bonchev–Trinajstić information content (AvgIpc) is 2.79. The van der Waals surface area contributed by atoms with Crippen molar-refractivity contribution in [2.24, 2.45) is 5.92 Å². The van der Waals surface area contributed by atoms with Gasteiger partial charge in [0.2, 0.25) is 5.91 Å². The number of carbonyl (C=O) groups excluding carboxylic acids is 3. The molecule has 3 N–H and O–H groups in total. The van der Waals surface area contributed by atoms with Gasteiger partial charge in [-0.15, -0.1) is 0 Å². The van der Waals surface area contributed by atoms with E-state index < -0.39 is 6.04 Å². The second-order valence-corrected chi connectivity index (χ2v) is 8.25. The molecule has 1 aromatic carbocycles. The van der Waals surface area contributed by atoms with Gasteiger partial charge in [0.15, 0.2) is 0 Å². The zero-order valence-electron chi connectivity index (χ0n) is 19.5. The fraction of sp³-hybridized carbons (Fsp3) is 0.609. The molecule has 1 atom stereocenters. The van der Waals surface area contributed by atoms with Crippen molar-refractivity contribution in [3.8, 4) is 5.75 Å². The summed E-state index contributed by atoms with van der Waals surface area (Å²) in [6.07, 6.45) is 1.94. The number of hydrogen-bond acceptors (Lipinski definition) is 5. The Labute approximate surface area is 190 Å². The lowest BCUT2D eigenvalue weighted by atomic mass is 9.88. The van der Waals surface area contributed by atoms with Crippen LogP contribution in [0.1, 0.15) is 43.5 Å². The van der Waals surface area contributed by atoms with Gasteiger partial charge in [-0.05, 0) is 57.2 Å². The van der Waals surface area contributed by atoms with Crippen LogP contribution in [0.2, 0.25) is 0 Å². The molecule has 4 amide bonds. The molecule has 1 saturated heterocycles. The molecule has 0 spiro atoms. The third-order valence-electron chi connectivity index (χ3n) is 5.44. The molecule has 0 aliphatic carbocycles. The zero-order valence-corrected chi connectivity index (χ0v) is 19.5. The molecule has 178 valence electrons. The van der Waals surface area contributed by atoms with Gasteiger partial charge in [0.25, 0.3) is 5.91 Å². The molecule has 0 radical (unpaired) electrons. The Morgan fingerprint density at radius 3 is 2.47 bits per heavy atom. The summed E-state index contributed by atoms with van der Waals surface area (Å²) in [5.74, 6) is -0.0545. The Bertz CT molecular complexity index is 763. The van der Waals surface area contributed by atoms with E-state index in [4.69, 9.17) is 9.47 Å². The number of benzene rings is 1. The van der Waals surface area contributed by atoms with E-state index in [2.05, 4.69) is 16.0 Å². The van der Waals surface area contributed by atoms with E-state index >= 15 is 0 Å². The first-order valence-corrected chi connectivity index (χ1v) is 11.1. The molecule has 0 bridgehead atoms. The molecule has 32 heavy (non-hydrogen) atoms. The molecule has 0 saturated carbocycles. The van der Waals surface area contributed by atoms with E-state index in [-0.39, 0.29) is 29.8 Å². The molecule has 2 rings (SSSR count). The number of methoxy groups -OCH3 is 2. The Morgan fingerprint density at radius 1 is 1.12 bits per heavy atom. The fourth-order valence-electron chi connectivity index (χ4n) is 3.70. The third kappa shape index (κ3) is 7.71. The minimum atomic E-state index is -0.688. The molecule has 1 fully saturated rings. The van der Waals surface area contributed by atoms with Crippen molar-refractivity contribution in [1.29, 1.82) is 0 Å². The highest BCUT2D eigenvalue weighted by Crippen LogP contribution is 2.22. The van der Waals surface area contributed by atoms with E-state index in [0.29, 0.717) is 56.8 Å². The SMILES string of the molecule is COCCCNC(=O)C(NC(=O)c1cccc(OC)c1)C1CCN(C(=O)NC(C)C)CC1. The van der Waals surface area contributed by atoms with Crippen LogP contribution < -0.4 is 20.7 Å². The number of urea groups is 1. The van der Waals surface area contributed by atoms with Crippen LogP contribution in [0.5, 0.6) is 5.75 Å². The summed E-state index contributed by atoms with van der Waals surface area (Å²) in [6, 6.07) is 6.10. The Hall–Kier alpha value is -2.81. The summed E-state index contributed by atoms with van der Waals surface area (Å²) in [5, 5.41) is 8.72. The van der Waals surface area contributed by atoms with Crippen molar-refractivity contribution in [3.05, 3.63) is 29.8 Å². The summed E-state index contributed by atoms with van der Waals surface area (Å²) >= 11 is 0. The van der Waals surface area contributed by atoms with Crippen LogP contribution in [0, 0.1) is 5.92 Å². The molecule has 1 aliphatic heterocycles. The minimum Gasteiger partial charge on any atom is -0.497 e. The fourth-order valence-corrected chi connectivity index (χ4v) is 3.70. The van der Waals surface area contributed by atoms with Crippen LogP contribution in [-0.4, -0.2) is 75.3 Å². The Balaban J connectivity index is 2.06. The number of hydrogen-bond donors (Lipinski definition) is 3. The number of nitrogens with one attached hydrogen (secondary N) is 3. The van der Waals surface area contributed by atoms with Crippen LogP contribution >= 0.6 is 0 Å². The standard InChI is InChI=1S/C23H36N4O5/c1-16(2)25-23(30)27-12-9-17(10-13-27)20(22(29)24-11-6-14-31-3)26-21(28)18-7-5-8-19(15-18)32-4/h5,7-8,15-17,20H,6,9-14H2,1-4H3,(H,24,29)(H,25,30)(H,26,28). The van der Waals surface area contributed by atoms with E-state index in [0.717, 1.165) is 0 Å². The second-order valence-electron chi connectivity index (χ2n) is 8.25.